The Kier molecular flexibility index (Phi) is 3.11. The molecule has 0 fully saturated rings. The zero-order valence-electron chi connectivity index (χ0n) is 7.63. The Morgan fingerprint density at radius 2 is 2.17 bits per heavy atom. The molecule has 0 unspecified atom stereocenters. The SMILES string of the molecule is CCOCc1ccc(N)cc1C. The molecule has 0 radical (unpaired) electrons. The van der Waals surface area contributed by atoms with Crippen molar-refractivity contribution in [2.45, 2.75) is 20.5 Å². The van der Waals surface area contributed by atoms with Gasteiger partial charge in [0, 0.05) is 12.3 Å². The Balaban J connectivity index is 2.72. The number of nitrogen functional groups attached to an aromatic ring is 1. The van der Waals surface area contributed by atoms with Crippen LogP contribution in [-0.4, -0.2) is 6.61 Å². The number of nitrogens with two attached hydrogens (primary N) is 1. The molecule has 0 saturated heterocycles. The van der Waals surface area contributed by atoms with Gasteiger partial charge >= 0.3 is 0 Å². The van der Waals surface area contributed by atoms with Crippen LogP contribution in [-0.2, 0) is 11.3 Å². The van der Waals surface area contributed by atoms with E-state index in [1.54, 1.807) is 0 Å². The Morgan fingerprint density at radius 1 is 1.42 bits per heavy atom. The second-order valence-corrected chi connectivity index (χ2v) is 2.82. The molecule has 0 aliphatic carbocycles. The van der Waals surface area contributed by atoms with Crippen molar-refractivity contribution < 1.29 is 4.74 Å². The van der Waals surface area contributed by atoms with Crippen LogP contribution in [0.5, 0.6) is 0 Å². The standard InChI is InChI=1S/C10H15NO/c1-3-12-7-9-4-5-10(11)6-8(9)2/h4-6H,3,7,11H2,1-2H3. The molecule has 0 atom stereocenters. The molecule has 0 spiro atoms. The molecular weight excluding hydrogens is 150 g/mol. The fraction of sp³-hybridized carbons (Fsp3) is 0.400. The number of hydrogen-bond acceptors (Lipinski definition) is 2. The van der Waals surface area contributed by atoms with Gasteiger partial charge in [-0.1, -0.05) is 6.07 Å². The summed E-state index contributed by atoms with van der Waals surface area (Å²) in [7, 11) is 0. The van der Waals surface area contributed by atoms with Crippen LogP contribution in [0.2, 0.25) is 0 Å². The highest BCUT2D eigenvalue weighted by Gasteiger charge is 1.97. The van der Waals surface area contributed by atoms with E-state index in [4.69, 9.17) is 10.5 Å². The fourth-order valence-corrected chi connectivity index (χ4v) is 1.09. The second-order valence-electron chi connectivity index (χ2n) is 2.82. The topological polar surface area (TPSA) is 35.2 Å². The van der Waals surface area contributed by atoms with E-state index in [2.05, 4.69) is 0 Å². The van der Waals surface area contributed by atoms with Gasteiger partial charge in [0.05, 0.1) is 6.61 Å². The number of aryl methyl sites for hydroxylation is 1. The molecule has 0 bridgehead atoms. The molecule has 2 heteroatoms. The molecule has 0 aliphatic rings. The van der Waals surface area contributed by atoms with Gasteiger partial charge in [0.1, 0.15) is 0 Å². The average molecular weight is 165 g/mol. The first-order valence-electron chi connectivity index (χ1n) is 4.16. The molecule has 0 saturated carbocycles. The summed E-state index contributed by atoms with van der Waals surface area (Å²) in [4.78, 5) is 0. The highest BCUT2D eigenvalue weighted by atomic mass is 16.5. The molecule has 1 aromatic carbocycles. The number of ether oxygens (including phenoxy) is 1. The van der Waals surface area contributed by atoms with E-state index in [0.29, 0.717) is 6.61 Å². The molecule has 0 heterocycles. The summed E-state index contributed by atoms with van der Waals surface area (Å²) < 4.78 is 5.30. The molecular formula is C10H15NO. The van der Waals surface area contributed by atoms with Crippen LogP contribution in [0.1, 0.15) is 18.1 Å². The molecule has 1 rings (SSSR count). The van der Waals surface area contributed by atoms with Crippen LogP contribution in [0.3, 0.4) is 0 Å². The van der Waals surface area contributed by atoms with Gasteiger partial charge in [-0.3, -0.25) is 0 Å². The number of anilines is 1. The van der Waals surface area contributed by atoms with Gasteiger partial charge in [-0.15, -0.1) is 0 Å². The van der Waals surface area contributed by atoms with E-state index < -0.39 is 0 Å². The van der Waals surface area contributed by atoms with Crippen molar-refractivity contribution in [3.8, 4) is 0 Å². The summed E-state index contributed by atoms with van der Waals surface area (Å²) in [6.45, 7) is 5.48. The van der Waals surface area contributed by atoms with Crippen LogP contribution < -0.4 is 5.73 Å². The van der Waals surface area contributed by atoms with Crippen molar-refractivity contribution in [1.82, 2.24) is 0 Å². The van der Waals surface area contributed by atoms with Gasteiger partial charge in [0.25, 0.3) is 0 Å². The molecule has 2 nitrogen and oxygen atoms in total. The van der Waals surface area contributed by atoms with Crippen LogP contribution in [0.25, 0.3) is 0 Å². The molecule has 0 aliphatic heterocycles. The van der Waals surface area contributed by atoms with E-state index in [-0.39, 0.29) is 0 Å². The molecule has 2 N–H and O–H groups in total. The lowest BCUT2D eigenvalue weighted by atomic mass is 10.1. The van der Waals surface area contributed by atoms with Crippen molar-refractivity contribution in [1.29, 1.82) is 0 Å². The largest absolute Gasteiger partial charge is 0.399 e. The predicted molar refractivity (Wildman–Crippen MR) is 50.9 cm³/mol. The minimum absolute atomic E-state index is 0.683. The highest BCUT2D eigenvalue weighted by molar-refractivity contribution is 5.43. The molecule has 0 aromatic heterocycles. The quantitative estimate of drug-likeness (QED) is 0.696. The molecule has 66 valence electrons. The van der Waals surface area contributed by atoms with E-state index in [1.165, 1.54) is 11.1 Å². The number of hydrogen-bond donors (Lipinski definition) is 1. The zero-order chi connectivity index (χ0) is 8.97. The summed E-state index contributed by atoms with van der Waals surface area (Å²) in [5, 5.41) is 0. The lowest BCUT2D eigenvalue weighted by Crippen LogP contribution is -1.96. The Morgan fingerprint density at radius 3 is 2.75 bits per heavy atom. The minimum Gasteiger partial charge on any atom is -0.399 e. The maximum Gasteiger partial charge on any atom is 0.0719 e. The van der Waals surface area contributed by atoms with Crippen molar-refractivity contribution >= 4 is 5.69 Å². The monoisotopic (exact) mass is 165 g/mol. The predicted octanol–water partition coefficient (Wildman–Crippen LogP) is 2.11. The number of benzene rings is 1. The normalized spacial score (nSPS) is 10.2. The molecule has 1 aromatic rings. The molecule has 0 amide bonds. The summed E-state index contributed by atoms with van der Waals surface area (Å²) >= 11 is 0. The third kappa shape index (κ3) is 2.24. The zero-order valence-corrected chi connectivity index (χ0v) is 7.63. The maximum absolute atomic E-state index is 5.62. The van der Waals surface area contributed by atoms with Gasteiger partial charge in [-0.05, 0) is 37.1 Å². The van der Waals surface area contributed by atoms with E-state index in [1.807, 2.05) is 32.0 Å². The van der Waals surface area contributed by atoms with Crippen molar-refractivity contribution in [3.05, 3.63) is 29.3 Å². The average Bonchev–Trinajstić information content (AvgIpc) is 2.03. The van der Waals surface area contributed by atoms with Gasteiger partial charge in [-0.25, -0.2) is 0 Å². The lowest BCUT2D eigenvalue weighted by molar-refractivity contribution is 0.133. The summed E-state index contributed by atoms with van der Waals surface area (Å²) in [5.74, 6) is 0. The third-order valence-electron chi connectivity index (χ3n) is 1.83. The Hall–Kier alpha value is -1.02. The van der Waals surface area contributed by atoms with Crippen LogP contribution in [0, 0.1) is 6.92 Å². The number of rotatable bonds is 3. The lowest BCUT2D eigenvalue weighted by Gasteiger charge is -2.05. The van der Waals surface area contributed by atoms with Gasteiger partial charge < -0.3 is 10.5 Å². The van der Waals surface area contributed by atoms with Crippen LogP contribution >= 0.6 is 0 Å². The highest BCUT2D eigenvalue weighted by Crippen LogP contribution is 2.12. The third-order valence-corrected chi connectivity index (χ3v) is 1.83. The van der Waals surface area contributed by atoms with Crippen molar-refractivity contribution in [3.63, 3.8) is 0 Å². The fourth-order valence-electron chi connectivity index (χ4n) is 1.09. The van der Waals surface area contributed by atoms with Crippen molar-refractivity contribution in [2.75, 3.05) is 12.3 Å². The van der Waals surface area contributed by atoms with Gasteiger partial charge in [0.15, 0.2) is 0 Å². The first-order chi connectivity index (χ1) is 5.74. The summed E-state index contributed by atoms with van der Waals surface area (Å²) in [6, 6.07) is 5.88. The van der Waals surface area contributed by atoms with Crippen LogP contribution in [0.4, 0.5) is 5.69 Å². The Labute approximate surface area is 73.3 Å². The van der Waals surface area contributed by atoms with Gasteiger partial charge in [-0.2, -0.15) is 0 Å². The second kappa shape index (κ2) is 4.12. The summed E-state index contributed by atoms with van der Waals surface area (Å²) in [6.07, 6.45) is 0. The Bertz CT molecular complexity index is 258. The minimum atomic E-state index is 0.683. The van der Waals surface area contributed by atoms with E-state index in [9.17, 15) is 0 Å². The van der Waals surface area contributed by atoms with Crippen LogP contribution in [0.15, 0.2) is 18.2 Å². The smallest absolute Gasteiger partial charge is 0.0719 e. The van der Waals surface area contributed by atoms with Gasteiger partial charge in [0.2, 0.25) is 0 Å². The first kappa shape index (κ1) is 9.07. The first-order valence-corrected chi connectivity index (χ1v) is 4.16. The molecule has 12 heavy (non-hydrogen) atoms. The van der Waals surface area contributed by atoms with E-state index >= 15 is 0 Å². The maximum atomic E-state index is 5.62. The van der Waals surface area contributed by atoms with Crippen molar-refractivity contribution in [2.24, 2.45) is 0 Å². The summed E-state index contributed by atoms with van der Waals surface area (Å²) in [5.41, 5.74) is 8.84. The van der Waals surface area contributed by atoms with E-state index in [0.717, 1.165) is 12.3 Å².